The third-order valence-electron chi connectivity index (χ3n) is 2.74. The van der Waals surface area contributed by atoms with E-state index < -0.39 is 0 Å². The average molecular weight is 258 g/mol. The molecule has 0 radical (unpaired) electrons. The Kier molecular flexibility index (Phi) is 4.07. The van der Waals surface area contributed by atoms with Crippen LogP contribution in [0, 0.1) is 22.7 Å². The fraction of sp³-hybridized carbons (Fsp3) is 0. The third kappa shape index (κ3) is 3.19. The lowest BCUT2D eigenvalue weighted by Gasteiger charge is -1.96. The van der Waals surface area contributed by atoms with E-state index >= 15 is 0 Å². The molecule has 0 aliphatic rings. The molecule has 3 heteroatoms. The van der Waals surface area contributed by atoms with Crippen molar-refractivity contribution >= 4 is 11.9 Å². The van der Waals surface area contributed by atoms with Gasteiger partial charge in [0.1, 0.15) is 0 Å². The molecule has 0 spiro atoms. The second-order valence-corrected chi connectivity index (χ2v) is 4.12. The molecule has 3 nitrogen and oxygen atoms in total. The molecule has 0 atom stereocenters. The smallest absolute Gasteiger partial charge is 0.185 e. The second kappa shape index (κ2) is 6.13. The van der Waals surface area contributed by atoms with Crippen LogP contribution in [0.4, 0.5) is 0 Å². The summed E-state index contributed by atoms with van der Waals surface area (Å²) in [6, 6.07) is 17.5. The molecule has 0 amide bonds. The summed E-state index contributed by atoms with van der Waals surface area (Å²) in [5, 5.41) is 17.5. The van der Waals surface area contributed by atoms with E-state index in [1.54, 1.807) is 48.5 Å². The van der Waals surface area contributed by atoms with E-state index in [2.05, 4.69) is 0 Å². The first kappa shape index (κ1) is 13.3. The van der Waals surface area contributed by atoms with E-state index in [-0.39, 0.29) is 5.78 Å². The first-order chi connectivity index (χ1) is 9.72. The third-order valence-corrected chi connectivity index (χ3v) is 2.74. The molecule has 0 aliphatic heterocycles. The molecular weight excluding hydrogens is 248 g/mol. The van der Waals surface area contributed by atoms with Gasteiger partial charge in [0, 0.05) is 5.56 Å². The molecule has 0 N–H and O–H groups in total. The molecule has 0 aromatic heterocycles. The van der Waals surface area contributed by atoms with Gasteiger partial charge in [-0.2, -0.15) is 10.5 Å². The van der Waals surface area contributed by atoms with Crippen LogP contribution in [0.2, 0.25) is 0 Å². The van der Waals surface area contributed by atoms with Gasteiger partial charge in [-0.05, 0) is 48.0 Å². The van der Waals surface area contributed by atoms with Crippen LogP contribution in [-0.4, -0.2) is 5.78 Å². The normalized spacial score (nSPS) is 9.90. The van der Waals surface area contributed by atoms with Gasteiger partial charge in [-0.1, -0.05) is 18.2 Å². The minimum absolute atomic E-state index is 0.142. The zero-order chi connectivity index (χ0) is 14.4. The Labute approximate surface area is 117 Å². The van der Waals surface area contributed by atoms with Crippen LogP contribution in [0.1, 0.15) is 27.0 Å². The number of hydrogen-bond donors (Lipinski definition) is 0. The zero-order valence-corrected chi connectivity index (χ0v) is 10.6. The minimum Gasteiger partial charge on any atom is -0.289 e. The molecule has 0 saturated heterocycles. The van der Waals surface area contributed by atoms with Gasteiger partial charge in [-0.25, -0.2) is 0 Å². The summed E-state index contributed by atoms with van der Waals surface area (Å²) in [7, 11) is 0. The van der Waals surface area contributed by atoms with Gasteiger partial charge >= 0.3 is 0 Å². The van der Waals surface area contributed by atoms with E-state index in [1.807, 2.05) is 18.2 Å². The van der Waals surface area contributed by atoms with Crippen LogP contribution in [0.15, 0.2) is 54.6 Å². The average Bonchev–Trinajstić information content (AvgIpc) is 2.53. The highest BCUT2D eigenvalue weighted by Crippen LogP contribution is 2.09. The highest BCUT2D eigenvalue weighted by Gasteiger charge is 2.01. The predicted octanol–water partition coefficient (Wildman–Crippen LogP) is 3.33. The molecule has 0 aliphatic carbocycles. The largest absolute Gasteiger partial charge is 0.289 e. The van der Waals surface area contributed by atoms with Crippen LogP contribution in [0.5, 0.6) is 0 Å². The molecule has 2 rings (SSSR count). The molecule has 0 saturated carbocycles. The van der Waals surface area contributed by atoms with Crippen molar-refractivity contribution in [2.75, 3.05) is 0 Å². The van der Waals surface area contributed by atoms with Gasteiger partial charge in [0.15, 0.2) is 5.78 Å². The lowest BCUT2D eigenvalue weighted by molar-refractivity contribution is 0.104. The summed E-state index contributed by atoms with van der Waals surface area (Å²) in [5.74, 6) is -0.142. The molecular formula is C17H10N2O. The van der Waals surface area contributed by atoms with Gasteiger partial charge in [-0.3, -0.25) is 4.79 Å². The van der Waals surface area contributed by atoms with Crippen LogP contribution in [-0.2, 0) is 0 Å². The fourth-order valence-corrected chi connectivity index (χ4v) is 1.69. The summed E-state index contributed by atoms with van der Waals surface area (Å²) in [6.07, 6.45) is 3.12. The van der Waals surface area contributed by atoms with Gasteiger partial charge in [0.05, 0.1) is 23.3 Å². The monoisotopic (exact) mass is 258 g/mol. The summed E-state index contributed by atoms with van der Waals surface area (Å²) in [6.45, 7) is 0. The Hall–Kier alpha value is -3.17. The first-order valence-corrected chi connectivity index (χ1v) is 5.95. The maximum atomic E-state index is 11.9. The number of benzene rings is 2. The molecule has 0 fully saturated rings. The van der Waals surface area contributed by atoms with Crippen molar-refractivity contribution < 1.29 is 4.79 Å². The van der Waals surface area contributed by atoms with E-state index in [4.69, 9.17) is 10.5 Å². The maximum absolute atomic E-state index is 11.9. The molecule has 0 heterocycles. The van der Waals surface area contributed by atoms with Crippen LogP contribution < -0.4 is 0 Å². The summed E-state index contributed by atoms with van der Waals surface area (Å²) < 4.78 is 0. The van der Waals surface area contributed by atoms with Crippen molar-refractivity contribution in [1.29, 1.82) is 10.5 Å². The summed E-state index contributed by atoms with van der Waals surface area (Å²) in [4.78, 5) is 11.9. The lowest BCUT2D eigenvalue weighted by atomic mass is 10.1. The molecule has 2 aromatic rings. The van der Waals surface area contributed by atoms with E-state index in [0.29, 0.717) is 16.7 Å². The number of allylic oxidation sites excluding steroid dienone is 1. The van der Waals surface area contributed by atoms with Crippen LogP contribution >= 0.6 is 0 Å². The Bertz CT molecular complexity index is 744. The zero-order valence-electron chi connectivity index (χ0n) is 10.6. The number of hydrogen-bond acceptors (Lipinski definition) is 3. The van der Waals surface area contributed by atoms with Crippen molar-refractivity contribution in [3.05, 3.63) is 76.9 Å². The molecule has 2 aromatic carbocycles. The second-order valence-electron chi connectivity index (χ2n) is 4.12. The highest BCUT2D eigenvalue weighted by molar-refractivity contribution is 6.06. The van der Waals surface area contributed by atoms with E-state index in [0.717, 1.165) is 5.56 Å². The number of carbonyl (C=O) groups is 1. The number of carbonyl (C=O) groups excluding carboxylic acids is 1. The summed E-state index contributed by atoms with van der Waals surface area (Å²) in [5.41, 5.74) is 2.40. The first-order valence-electron chi connectivity index (χ1n) is 5.95. The van der Waals surface area contributed by atoms with Gasteiger partial charge in [-0.15, -0.1) is 0 Å². The van der Waals surface area contributed by atoms with Crippen molar-refractivity contribution in [2.45, 2.75) is 0 Å². The van der Waals surface area contributed by atoms with Crippen molar-refractivity contribution in [3.63, 3.8) is 0 Å². The molecule has 0 bridgehead atoms. The van der Waals surface area contributed by atoms with E-state index in [1.165, 1.54) is 6.08 Å². The maximum Gasteiger partial charge on any atom is 0.185 e. The van der Waals surface area contributed by atoms with Crippen molar-refractivity contribution in [1.82, 2.24) is 0 Å². The summed E-state index contributed by atoms with van der Waals surface area (Å²) >= 11 is 0. The minimum atomic E-state index is -0.142. The molecule has 20 heavy (non-hydrogen) atoms. The van der Waals surface area contributed by atoms with Gasteiger partial charge in [0.2, 0.25) is 0 Å². The quantitative estimate of drug-likeness (QED) is 0.626. The topological polar surface area (TPSA) is 64.7 Å². The highest BCUT2D eigenvalue weighted by atomic mass is 16.1. The number of nitriles is 2. The Morgan fingerprint density at radius 1 is 0.950 bits per heavy atom. The molecule has 0 unspecified atom stereocenters. The standard InChI is InChI=1S/C17H10N2O/c18-11-14-4-7-16(8-5-14)17(20)9-6-13-2-1-3-15(10-13)12-19/h1-10H. The Balaban J connectivity index is 2.16. The SMILES string of the molecule is N#Cc1ccc(C(=O)C=Cc2cccc(C#N)c2)cc1. The number of ketones is 1. The number of nitrogens with zero attached hydrogens (tertiary/aromatic N) is 2. The van der Waals surface area contributed by atoms with Crippen molar-refractivity contribution in [2.24, 2.45) is 0 Å². The molecule has 94 valence electrons. The van der Waals surface area contributed by atoms with Crippen molar-refractivity contribution in [3.8, 4) is 12.1 Å². The fourth-order valence-electron chi connectivity index (χ4n) is 1.69. The Morgan fingerprint density at radius 2 is 1.65 bits per heavy atom. The Morgan fingerprint density at radius 3 is 2.30 bits per heavy atom. The van der Waals surface area contributed by atoms with Crippen LogP contribution in [0.3, 0.4) is 0 Å². The lowest BCUT2D eigenvalue weighted by Crippen LogP contribution is -1.93. The van der Waals surface area contributed by atoms with Crippen LogP contribution in [0.25, 0.3) is 6.08 Å². The predicted molar refractivity (Wildman–Crippen MR) is 75.7 cm³/mol. The van der Waals surface area contributed by atoms with E-state index in [9.17, 15) is 4.79 Å². The van der Waals surface area contributed by atoms with Gasteiger partial charge < -0.3 is 0 Å². The number of rotatable bonds is 3. The van der Waals surface area contributed by atoms with Gasteiger partial charge in [0.25, 0.3) is 0 Å².